The molecule has 6 heteroatoms. The van der Waals surface area contributed by atoms with Gasteiger partial charge in [0, 0.05) is 5.57 Å². The average molecular weight is 244 g/mol. The van der Waals surface area contributed by atoms with Crippen molar-refractivity contribution < 1.29 is 26.3 Å². The van der Waals surface area contributed by atoms with Crippen LogP contribution in [-0.4, -0.2) is 12.4 Å². The summed E-state index contributed by atoms with van der Waals surface area (Å²) >= 11 is 0. The van der Waals surface area contributed by atoms with E-state index in [1.807, 2.05) is 0 Å². The van der Waals surface area contributed by atoms with E-state index in [9.17, 15) is 26.3 Å². The van der Waals surface area contributed by atoms with Crippen molar-refractivity contribution in [1.82, 2.24) is 0 Å². The Kier molecular flexibility index (Phi) is 2.90. The smallest absolute Gasteiger partial charge is 0.166 e. The zero-order valence-corrected chi connectivity index (χ0v) is 8.63. The number of hydrogen-bond acceptors (Lipinski definition) is 0. The summed E-state index contributed by atoms with van der Waals surface area (Å²) in [5, 5.41) is 0. The third kappa shape index (κ3) is 3.02. The Morgan fingerprint density at radius 2 is 1.50 bits per heavy atom. The fourth-order valence-corrected chi connectivity index (χ4v) is 1.59. The fraction of sp³-hybridized carbons (Fsp3) is 0.600. The van der Waals surface area contributed by atoms with E-state index in [1.165, 1.54) is 13.8 Å². The quantitative estimate of drug-likeness (QED) is 0.554. The van der Waals surface area contributed by atoms with Crippen LogP contribution in [0.1, 0.15) is 20.3 Å². The highest BCUT2D eigenvalue weighted by molar-refractivity contribution is 5.36. The Balaban J connectivity index is 3.19. The van der Waals surface area contributed by atoms with Crippen molar-refractivity contribution in [3.8, 4) is 0 Å². The van der Waals surface area contributed by atoms with E-state index in [4.69, 9.17) is 0 Å². The molecule has 0 amide bonds. The van der Waals surface area contributed by atoms with E-state index in [2.05, 4.69) is 0 Å². The van der Waals surface area contributed by atoms with E-state index in [0.717, 1.165) is 6.08 Å². The number of halogens is 6. The highest BCUT2D eigenvalue weighted by atomic mass is 19.4. The highest BCUT2D eigenvalue weighted by Crippen LogP contribution is 2.44. The van der Waals surface area contributed by atoms with Gasteiger partial charge in [-0.2, -0.15) is 26.3 Å². The number of allylic oxidation sites excluding steroid dienone is 4. The first kappa shape index (κ1) is 13.1. The lowest BCUT2D eigenvalue weighted by atomic mass is 9.79. The molecule has 0 aromatic heterocycles. The summed E-state index contributed by atoms with van der Waals surface area (Å²) in [6.07, 6.45) is -8.86. The normalized spacial score (nSPS) is 21.5. The van der Waals surface area contributed by atoms with Crippen LogP contribution in [-0.2, 0) is 0 Å². The maximum absolute atomic E-state index is 12.4. The van der Waals surface area contributed by atoms with Crippen LogP contribution in [0.2, 0.25) is 0 Å². The molecule has 1 aliphatic rings. The van der Waals surface area contributed by atoms with E-state index < -0.39 is 35.3 Å². The summed E-state index contributed by atoms with van der Waals surface area (Å²) in [6, 6.07) is 0. The predicted octanol–water partition coefficient (Wildman–Crippen LogP) is 4.39. The zero-order valence-electron chi connectivity index (χ0n) is 8.63. The van der Waals surface area contributed by atoms with Gasteiger partial charge < -0.3 is 0 Å². The maximum atomic E-state index is 12.4. The summed E-state index contributed by atoms with van der Waals surface area (Å²) in [6.45, 7) is 2.69. The molecule has 0 nitrogen and oxygen atoms in total. The third-order valence-corrected chi connectivity index (χ3v) is 2.21. The fourth-order valence-electron chi connectivity index (χ4n) is 1.59. The lowest BCUT2D eigenvalue weighted by Gasteiger charge is -2.29. The van der Waals surface area contributed by atoms with Gasteiger partial charge in [0.05, 0.1) is 5.57 Å². The predicted molar refractivity (Wildman–Crippen MR) is 46.7 cm³/mol. The van der Waals surface area contributed by atoms with Crippen LogP contribution in [0.5, 0.6) is 0 Å². The first-order valence-corrected chi connectivity index (χ1v) is 4.50. The van der Waals surface area contributed by atoms with Crippen molar-refractivity contribution in [1.29, 1.82) is 0 Å². The Labute approximate surface area is 88.6 Å². The molecule has 0 aromatic rings. The molecular weight excluding hydrogens is 234 g/mol. The Hall–Kier alpha value is -0.940. The largest absolute Gasteiger partial charge is 0.416 e. The lowest BCUT2D eigenvalue weighted by Crippen LogP contribution is -2.26. The summed E-state index contributed by atoms with van der Waals surface area (Å²) < 4.78 is 74.2. The Morgan fingerprint density at radius 1 is 1.00 bits per heavy atom. The standard InChI is InChI=1S/C10H10F6/c1-8(2)4-6(9(11,12)13)3-7(5-8)10(14,15)16/h3-4H,5H2,1-2H3. The van der Waals surface area contributed by atoms with Gasteiger partial charge in [-0.3, -0.25) is 0 Å². The van der Waals surface area contributed by atoms with Gasteiger partial charge in [0.1, 0.15) is 0 Å². The number of rotatable bonds is 0. The van der Waals surface area contributed by atoms with Crippen molar-refractivity contribution in [3.05, 3.63) is 23.3 Å². The van der Waals surface area contributed by atoms with Gasteiger partial charge in [-0.05, 0) is 17.9 Å². The third-order valence-electron chi connectivity index (χ3n) is 2.21. The minimum Gasteiger partial charge on any atom is -0.166 e. The summed E-state index contributed by atoms with van der Waals surface area (Å²) in [5.41, 5.74) is -3.49. The second-order valence-corrected chi connectivity index (χ2v) is 4.43. The van der Waals surface area contributed by atoms with E-state index in [1.54, 1.807) is 0 Å². The highest BCUT2D eigenvalue weighted by Gasteiger charge is 2.43. The number of hydrogen-bond donors (Lipinski definition) is 0. The molecule has 0 radical (unpaired) electrons. The SMILES string of the molecule is CC1(C)C=C(C(F)(F)F)C=C(C(F)(F)F)C1. The molecule has 0 aromatic carbocycles. The van der Waals surface area contributed by atoms with Crippen molar-refractivity contribution in [3.63, 3.8) is 0 Å². The topological polar surface area (TPSA) is 0 Å². The molecule has 92 valence electrons. The molecule has 0 saturated carbocycles. The van der Waals surface area contributed by atoms with Gasteiger partial charge in [0.25, 0.3) is 0 Å². The summed E-state index contributed by atoms with van der Waals surface area (Å²) in [5.74, 6) is 0. The monoisotopic (exact) mass is 244 g/mol. The van der Waals surface area contributed by atoms with Crippen molar-refractivity contribution >= 4 is 0 Å². The first-order valence-electron chi connectivity index (χ1n) is 4.50. The van der Waals surface area contributed by atoms with Crippen LogP contribution in [0.3, 0.4) is 0 Å². The van der Waals surface area contributed by atoms with Crippen molar-refractivity contribution in [2.75, 3.05) is 0 Å². The Morgan fingerprint density at radius 3 is 1.88 bits per heavy atom. The molecule has 0 N–H and O–H groups in total. The molecule has 0 atom stereocenters. The summed E-state index contributed by atoms with van der Waals surface area (Å²) in [4.78, 5) is 0. The zero-order chi connectivity index (χ0) is 12.8. The number of alkyl halides is 6. The lowest BCUT2D eigenvalue weighted by molar-refractivity contribution is -0.102. The van der Waals surface area contributed by atoms with Crippen LogP contribution in [0.25, 0.3) is 0 Å². The maximum Gasteiger partial charge on any atom is 0.416 e. The van der Waals surface area contributed by atoms with Gasteiger partial charge in [-0.15, -0.1) is 0 Å². The molecule has 0 aliphatic heterocycles. The molecule has 1 rings (SSSR count). The van der Waals surface area contributed by atoms with Crippen molar-refractivity contribution in [2.45, 2.75) is 32.6 Å². The van der Waals surface area contributed by atoms with Gasteiger partial charge in [-0.25, -0.2) is 0 Å². The molecule has 0 heterocycles. The van der Waals surface area contributed by atoms with Gasteiger partial charge in [0.2, 0.25) is 0 Å². The van der Waals surface area contributed by atoms with E-state index >= 15 is 0 Å². The van der Waals surface area contributed by atoms with Crippen LogP contribution in [0, 0.1) is 5.41 Å². The van der Waals surface area contributed by atoms with Crippen LogP contribution >= 0.6 is 0 Å². The molecule has 16 heavy (non-hydrogen) atoms. The van der Waals surface area contributed by atoms with Crippen molar-refractivity contribution in [2.24, 2.45) is 5.41 Å². The van der Waals surface area contributed by atoms with Crippen LogP contribution in [0.4, 0.5) is 26.3 Å². The van der Waals surface area contributed by atoms with Crippen LogP contribution < -0.4 is 0 Å². The Bertz CT molecular complexity index is 339. The second kappa shape index (κ2) is 3.53. The van der Waals surface area contributed by atoms with Gasteiger partial charge in [0.15, 0.2) is 0 Å². The molecule has 0 saturated heterocycles. The minimum absolute atomic E-state index is 0.186. The molecule has 0 spiro atoms. The molecule has 0 unspecified atom stereocenters. The molecule has 1 aliphatic carbocycles. The van der Waals surface area contributed by atoms with E-state index in [-0.39, 0.29) is 6.08 Å². The van der Waals surface area contributed by atoms with Gasteiger partial charge >= 0.3 is 12.4 Å². The van der Waals surface area contributed by atoms with Gasteiger partial charge in [-0.1, -0.05) is 19.9 Å². The van der Waals surface area contributed by atoms with Crippen LogP contribution in [0.15, 0.2) is 23.3 Å². The second-order valence-electron chi connectivity index (χ2n) is 4.43. The van der Waals surface area contributed by atoms with E-state index in [0.29, 0.717) is 0 Å². The first-order chi connectivity index (χ1) is 6.92. The average Bonchev–Trinajstić information content (AvgIpc) is 1.97. The summed E-state index contributed by atoms with van der Waals surface area (Å²) in [7, 11) is 0. The molecule has 0 fully saturated rings. The molecular formula is C10H10F6. The molecule has 0 bridgehead atoms. The minimum atomic E-state index is -4.74.